The molecule has 0 spiro atoms. The van der Waals surface area contributed by atoms with E-state index in [1.165, 1.54) is 0 Å². The number of nitrogens with zero attached hydrogens (tertiary/aromatic N) is 1. The first-order chi connectivity index (χ1) is 33.0. The molecule has 0 saturated heterocycles. The maximum Gasteiger partial charge on any atom is 0.0645 e. The highest BCUT2D eigenvalue weighted by Gasteiger charge is 2.18. The standard InChI is InChI=1S/C52H35NS/c1-4-13-37(14-5-1)45-21-12-19-41-33-40(25-30-47(41)45)36-23-26-42(27-24-36)53(44-29-32-52-50(35-44)48-20-10-11-22-51(48)54-52)43-28-31-46(38-15-6-2-7-16-38)49(34-43)39-17-8-3-9-18-39/h1-35H/i1D,4D,5D,12D,13D,14D,19D,21D,23D,24D,25D,26D,27D,30D,33D. The second-order valence-electron chi connectivity index (χ2n) is 12.5. The van der Waals surface area contributed by atoms with Gasteiger partial charge in [0.25, 0.3) is 0 Å². The summed E-state index contributed by atoms with van der Waals surface area (Å²) < 4.78 is 137. The predicted molar refractivity (Wildman–Crippen MR) is 233 cm³/mol. The van der Waals surface area contributed by atoms with Gasteiger partial charge in [-0.2, -0.15) is 0 Å². The average molecular weight is 721 g/mol. The molecule has 1 heterocycles. The van der Waals surface area contributed by atoms with Crippen molar-refractivity contribution in [2.75, 3.05) is 4.90 Å². The van der Waals surface area contributed by atoms with E-state index in [0.29, 0.717) is 11.4 Å². The molecule has 0 saturated carbocycles. The average Bonchev–Trinajstić information content (AvgIpc) is 3.74. The zero-order valence-electron chi connectivity index (χ0n) is 43.4. The third-order valence-corrected chi connectivity index (χ3v) is 10.5. The Labute approximate surface area is 340 Å². The Morgan fingerprint density at radius 1 is 0.370 bits per heavy atom. The Bertz CT molecular complexity index is 3740. The summed E-state index contributed by atoms with van der Waals surface area (Å²) in [6.07, 6.45) is 0. The molecule has 0 bridgehead atoms. The molecule has 2 heteroatoms. The lowest BCUT2D eigenvalue weighted by Crippen LogP contribution is -2.10. The van der Waals surface area contributed by atoms with Crippen LogP contribution in [0, 0.1) is 0 Å². The summed E-state index contributed by atoms with van der Waals surface area (Å²) in [7, 11) is 0. The number of benzene rings is 9. The van der Waals surface area contributed by atoms with E-state index in [1.54, 1.807) is 16.2 Å². The van der Waals surface area contributed by atoms with E-state index in [-0.39, 0.29) is 5.69 Å². The lowest BCUT2D eigenvalue weighted by molar-refractivity contribution is 1.29. The van der Waals surface area contributed by atoms with E-state index in [4.69, 9.17) is 11.0 Å². The zero-order valence-corrected chi connectivity index (χ0v) is 29.2. The van der Waals surface area contributed by atoms with Gasteiger partial charge in [0, 0.05) is 37.2 Å². The van der Waals surface area contributed by atoms with Gasteiger partial charge in [-0.05, 0) is 110 Å². The minimum atomic E-state index is -0.796. The number of anilines is 3. The molecule has 1 aromatic heterocycles. The topological polar surface area (TPSA) is 3.24 Å². The van der Waals surface area contributed by atoms with Crippen LogP contribution in [-0.4, -0.2) is 0 Å². The maximum absolute atomic E-state index is 9.74. The molecular formula is C52H35NS. The van der Waals surface area contributed by atoms with Crippen LogP contribution in [0.25, 0.3) is 75.5 Å². The van der Waals surface area contributed by atoms with Crippen LogP contribution in [0.4, 0.5) is 17.1 Å². The molecule has 0 aliphatic carbocycles. The molecular weight excluding hydrogens is 671 g/mol. The second kappa shape index (κ2) is 13.7. The van der Waals surface area contributed by atoms with E-state index in [0.717, 1.165) is 42.4 Å². The van der Waals surface area contributed by atoms with Crippen LogP contribution in [-0.2, 0) is 0 Å². The van der Waals surface area contributed by atoms with Crippen molar-refractivity contribution in [1.29, 1.82) is 0 Å². The van der Waals surface area contributed by atoms with Crippen LogP contribution in [0.1, 0.15) is 20.6 Å². The first-order valence-electron chi connectivity index (χ1n) is 24.7. The van der Waals surface area contributed by atoms with Crippen molar-refractivity contribution in [3.05, 3.63) is 212 Å². The van der Waals surface area contributed by atoms with E-state index in [2.05, 4.69) is 0 Å². The molecule has 0 atom stereocenters. The molecule has 54 heavy (non-hydrogen) atoms. The van der Waals surface area contributed by atoms with Gasteiger partial charge in [-0.25, -0.2) is 0 Å². The summed E-state index contributed by atoms with van der Waals surface area (Å²) in [5, 5.41) is 0.925. The van der Waals surface area contributed by atoms with Crippen molar-refractivity contribution in [3.8, 4) is 44.5 Å². The summed E-state index contributed by atoms with van der Waals surface area (Å²) in [5.41, 5.74) is 2.28. The number of rotatable bonds is 7. The molecule has 0 aliphatic heterocycles. The van der Waals surface area contributed by atoms with Crippen molar-refractivity contribution in [3.63, 3.8) is 0 Å². The Morgan fingerprint density at radius 2 is 1.04 bits per heavy atom. The molecule has 10 aromatic rings. The van der Waals surface area contributed by atoms with Gasteiger partial charge in [0.1, 0.15) is 0 Å². The third-order valence-electron chi connectivity index (χ3n) is 9.32. The van der Waals surface area contributed by atoms with Gasteiger partial charge >= 0.3 is 0 Å². The van der Waals surface area contributed by atoms with Gasteiger partial charge in [-0.15, -0.1) is 11.3 Å². The van der Waals surface area contributed by atoms with Crippen molar-refractivity contribution in [2.24, 2.45) is 0 Å². The van der Waals surface area contributed by atoms with Gasteiger partial charge in [0.15, 0.2) is 0 Å². The van der Waals surface area contributed by atoms with Crippen LogP contribution in [0.3, 0.4) is 0 Å². The Balaban J connectivity index is 1.25. The van der Waals surface area contributed by atoms with Gasteiger partial charge < -0.3 is 4.90 Å². The van der Waals surface area contributed by atoms with E-state index in [1.807, 2.05) is 121 Å². The Hall–Kier alpha value is -6.74. The van der Waals surface area contributed by atoms with Crippen molar-refractivity contribution < 1.29 is 20.6 Å². The summed E-state index contributed by atoms with van der Waals surface area (Å²) >= 11 is 1.61. The summed E-state index contributed by atoms with van der Waals surface area (Å²) in [4.78, 5) is 1.66. The molecule has 0 N–H and O–H groups in total. The van der Waals surface area contributed by atoms with Crippen LogP contribution < -0.4 is 4.90 Å². The summed E-state index contributed by atoms with van der Waals surface area (Å²) in [6.45, 7) is 0. The molecule has 0 fully saturated rings. The highest BCUT2D eigenvalue weighted by Crippen LogP contribution is 2.44. The fraction of sp³-hybridized carbons (Fsp3) is 0. The highest BCUT2D eigenvalue weighted by molar-refractivity contribution is 7.25. The van der Waals surface area contributed by atoms with Gasteiger partial charge in [0.2, 0.25) is 0 Å². The molecule has 254 valence electrons. The molecule has 10 rings (SSSR count). The van der Waals surface area contributed by atoms with Crippen LogP contribution in [0.5, 0.6) is 0 Å². The van der Waals surface area contributed by atoms with E-state index in [9.17, 15) is 9.60 Å². The normalized spacial score (nSPS) is 15.2. The monoisotopic (exact) mass is 720 g/mol. The second-order valence-corrected chi connectivity index (χ2v) is 13.6. The Morgan fingerprint density at radius 3 is 1.83 bits per heavy atom. The van der Waals surface area contributed by atoms with Crippen LogP contribution in [0.2, 0.25) is 0 Å². The van der Waals surface area contributed by atoms with E-state index >= 15 is 0 Å². The van der Waals surface area contributed by atoms with E-state index < -0.39 is 124 Å². The number of hydrogen-bond acceptors (Lipinski definition) is 2. The highest BCUT2D eigenvalue weighted by atomic mass is 32.1. The number of fused-ring (bicyclic) bond motifs is 4. The first-order valence-corrected chi connectivity index (χ1v) is 18.0. The number of thiophene rings is 1. The lowest BCUT2D eigenvalue weighted by Gasteiger charge is -2.27. The molecule has 0 radical (unpaired) electrons. The van der Waals surface area contributed by atoms with Gasteiger partial charge in [-0.3, -0.25) is 0 Å². The van der Waals surface area contributed by atoms with Crippen LogP contribution in [0.15, 0.2) is 212 Å². The Kier molecular flexibility index (Phi) is 5.04. The summed E-state index contributed by atoms with van der Waals surface area (Å²) in [5.74, 6) is 0. The third kappa shape index (κ3) is 5.84. The zero-order chi connectivity index (χ0) is 48.9. The van der Waals surface area contributed by atoms with Crippen LogP contribution >= 0.6 is 11.3 Å². The maximum atomic E-state index is 9.74. The van der Waals surface area contributed by atoms with Crippen molar-refractivity contribution in [1.82, 2.24) is 0 Å². The molecule has 0 amide bonds. The largest absolute Gasteiger partial charge is 0.310 e. The van der Waals surface area contributed by atoms with Crippen molar-refractivity contribution >= 4 is 59.3 Å². The molecule has 9 aromatic carbocycles. The smallest absolute Gasteiger partial charge is 0.0645 e. The van der Waals surface area contributed by atoms with Gasteiger partial charge in [-0.1, -0.05) is 157 Å². The van der Waals surface area contributed by atoms with Crippen molar-refractivity contribution in [2.45, 2.75) is 0 Å². The minimum absolute atomic E-state index is 0.152. The SMILES string of the molecule is [2H]c1c([2H])c([2H])c(-c2c([2H])c([2H])c([2H])c3c([2H])c(-c4c([2H])c([2H])c(N(c5ccc(-c6ccccc6)c(-c6ccccc6)c5)c5ccc6sc7ccccc7c6c5)c([2H])c4[2H])c([2H])c([2H])c23)c([2H])c1[2H]. The molecule has 0 aliphatic rings. The quantitative estimate of drug-likeness (QED) is 0.158. The first kappa shape index (κ1) is 19.9. The lowest BCUT2D eigenvalue weighted by atomic mass is 9.93. The fourth-order valence-electron chi connectivity index (χ4n) is 6.79. The van der Waals surface area contributed by atoms with Gasteiger partial charge in [0.05, 0.1) is 20.6 Å². The number of hydrogen-bond donors (Lipinski definition) is 0. The molecule has 0 unspecified atom stereocenters. The minimum Gasteiger partial charge on any atom is -0.310 e. The summed E-state index contributed by atoms with van der Waals surface area (Å²) in [6, 6.07) is 28.2. The molecule has 1 nitrogen and oxygen atoms in total. The fourth-order valence-corrected chi connectivity index (χ4v) is 7.88. The predicted octanol–water partition coefficient (Wildman–Crippen LogP) is 15.3.